The van der Waals surface area contributed by atoms with Crippen LogP contribution in [0.5, 0.6) is 0 Å². The van der Waals surface area contributed by atoms with Crippen molar-refractivity contribution >= 4 is 24.2 Å². The van der Waals surface area contributed by atoms with Crippen LogP contribution in [0.3, 0.4) is 0 Å². The summed E-state index contributed by atoms with van der Waals surface area (Å²) in [5, 5.41) is 0. The lowest BCUT2D eigenvalue weighted by Crippen LogP contribution is -2.47. The minimum atomic E-state index is -0.292. The second-order valence-electron chi connectivity index (χ2n) is 6.29. The number of halogens is 1. The third-order valence-corrected chi connectivity index (χ3v) is 4.85. The van der Waals surface area contributed by atoms with Gasteiger partial charge in [-0.1, -0.05) is 30.3 Å². The van der Waals surface area contributed by atoms with Gasteiger partial charge in [0, 0.05) is 38.5 Å². The first kappa shape index (κ1) is 17.8. The van der Waals surface area contributed by atoms with E-state index in [9.17, 15) is 9.59 Å². The smallest absolute Gasteiger partial charge is 0.245 e. The number of carbonyl (C=O) groups is 2. The van der Waals surface area contributed by atoms with Gasteiger partial charge in [0.15, 0.2) is 0 Å². The highest BCUT2D eigenvalue weighted by Gasteiger charge is 2.40. The molecule has 0 aromatic heterocycles. The van der Waals surface area contributed by atoms with E-state index in [2.05, 4.69) is 12.1 Å². The van der Waals surface area contributed by atoms with Crippen molar-refractivity contribution in [3.63, 3.8) is 0 Å². The lowest BCUT2D eigenvalue weighted by molar-refractivity contribution is -0.142. The summed E-state index contributed by atoms with van der Waals surface area (Å²) >= 11 is 0. The Morgan fingerprint density at radius 1 is 1.17 bits per heavy atom. The minimum absolute atomic E-state index is 0. The Labute approximate surface area is 143 Å². The summed E-state index contributed by atoms with van der Waals surface area (Å²) in [5.41, 5.74) is 7.44. The average molecular weight is 338 g/mol. The van der Waals surface area contributed by atoms with E-state index in [4.69, 9.17) is 5.73 Å². The molecule has 2 N–H and O–H groups in total. The molecule has 2 aliphatic heterocycles. The number of amides is 2. The Kier molecular flexibility index (Phi) is 5.65. The van der Waals surface area contributed by atoms with Crippen LogP contribution >= 0.6 is 12.4 Å². The van der Waals surface area contributed by atoms with Gasteiger partial charge in [-0.05, 0) is 18.4 Å². The number of carbonyl (C=O) groups excluding carboxylic acids is 2. The fourth-order valence-corrected chi connectivity index (χ4v) is 3.67. The molecule has 2 aliphatic rings. The van der Waals surface area contributed by atoms with Crippen molar-refractivity contribution in [2.24, 2.45) is 5.73 Å². The second-order valence-corrected chi connectivity index (χ2v) is 6.29. The van der Waals surface area contributed by atoms with Gasteiger partial charge in [-0.25, -0.2) is 0 Å². The van der Waals surface area contributed by atoms with Gasteiger partial charge in [0.1, 0.15) is 6.04 Å². The highest BCUT2D eigenvalue weighted by Crippen LogP contribution is 2.28. The highest BCUT2D eigenvalue weighted by atomic mass is 35.5. The van der Waals surface area contributed by atoms with Gasteiger partial charge in [-0.3, -0.25) is 9.59 Å². The van der Waals surface area contributed by atoms with Gasteiger partial charge in [0.05, 0.1) is 0 Å². The van der Waals surface area contributed by atoms with Crippen LogP contribution in [0.25, 0.3) is 0 Å². The van der Waals surface area contributed by atoms with Crippen LogP contribution in [0.4, 0.5) is 0 Å². The standard InChI is InChI=1S/C17H23N3O2.ClH/c1-12(21)20-9-5-8-16(20)17(22)19-10-14(15(18)11-19)13-6-3-2-4-7-13;/h2-4,6-7,14-16H,5,8-11,18H2,1H3;1H/t14-,15+,16?;/m0./s1. The number of hydrogen-bond donors (Lipinski definition) is 1. The number of rotatable bonds is 2. The predicted octanol–water partition coefficient (Wildman–Crippen LogP) is 1.37. The maximum atomic E-state index is 12.8. The molecule has 126 valence electrons. The topological polar surface area (TPSA) is 66.6 Å². The molecular formula is C17H24ClN3O2. The van der Waals surface area contributed by atoms with Gasteiger partial charge >= 0.3 is 0 Å². The molecule has 1 aromatic rings. The Hall–Kier alpha value is -1.59. The Balaban J connectivity index is 0.00000192. The van der Waals surface area contributed by atoms with Gasteiger partial charge in [0.25, 0.3) is 0 Å². The van der Waals surface area contributed by atoms with Crippen LogP contribution in [0.2, 0.25) is 0 Å². The normalized spacial score (nSPS) is 27.0. The van der Waals surface area contributed by atoms with Gasteiger partial charge in [-0.2, -0.15) is 0 Å². The van der Waals surface area contributed by atoms with Crippen molar-refractivity contribution in [2.45, 2.75) is 37.8 Å². The van der Waals surface area contributed by atoms with E-state index in [1.54, 1.807) is 4.90 Å². The lowest BCUT2D eigenvalue weighted by atomic mass is 9.95. The SMILES string of the molecule is CC(=O)N1CCCC1C(=O)N1C[C@@H](N)[C@H](c2ccccc2)C1.Cl. The van der Waals surface area contributed by atoms with Crippen molar-refractivity contribution in [2.75, 3.05) is 19.6 Å². The van der Waals surface area contributed by atoms with Crippen molar-refractivity contribution in [3.8, 4) is 0 Å². The van der Waals surface area contributed by atoms with Crippen molar-refractivity contribution in [1.29, 1.82) is 0 Å². The summed E-state index contributed by atoms with van der Waals surface area (Å²) in [7, 11) is 0. The monoisotopic (exact) mass is 337 g/mol. The summed E-state index contributed by atoms with van der Waals surface area (Å²) in [5.74, 6) is 0.220. The fraction of sp³-hybridized carbons (Fsp3) is 0.529. The van der Waals surface area contributed by atoms with Crippen LogP contribution in [0.15, 0.2) is 30.3 Å². The first-order valence-electron chi connectivity index (χ1n) is 7.94. The third-order valence-electron chi connectivity index (χ3n) is 4.85. The molecule has 0 saturated carbocycles. The van der Waals surface area contributed by atoms with Crippen molar-refractivity contribution in [1.82, 2.24) is 9.80 Å². The van der Waals surface area contributed by atoms with Crippen molar-refractivity contribution < 1.29 is 9.59 Å². The largest absolute Gasteiger partial charge is 0.339 e. The summed E-state index contributed by atoms with van der Waals surface area (Å²) < 4.78 is 0. The molecule has 23 heavy (non-hydrogen) atoms. The molecule has 0 spiro atoms. The third kappa shape index (κ3) is 3.51. The molecule has 3 atom stereocenters. The molecule has 0 bridgehead atoms. The van der Waals surface area contributed by atoms with E-state index in [0.29, 0.717) is 19.6 Å². The number of nitrogens with two attached hydrogens (primary N) is 1. The van der Waals surface area contributed by atoms with Crippen LogP contribution in [0.1, 0.15) is 31.2 Å². The number of nitrogens with zero attached hydrogens (tertiary/aromatic N) is 2. The van der Waals surface area contributed by atoms with E-state index < -0.39 is 0 Å². The van der Waals surface area contributed by atoms with Gasteiger partial charge in [0.2, 0.25) is 11.8 Å². The molecule has 3 rings (SSSR count). The first-order chi connectivity index (χ1) is 10.6. The number of hydrogen-bond acceptors (Lipinski definition) is 3. The summed E-state index contributed by atoms with van der Waals surface area (Å²) in [4.78, 5) is 28.0. The molecule has 5 nitrogen and oxygen atoms in total. The summed E-state index contributed by atoms with van der Waals surface area (Å²) in [6.45, 7) is 3.44. The molecule has 2 saturated heterocycles. The van der Waals surface area contributed by atoms with Crippen LogP contribution < -0.4 is 5.73 Å². The molecule has 2 amide bonds. The Morgan fingerprint density at radius 3 is 2.52 bits per heavy atom. The zero-order chi connectivity index (χ0) is 15.7. The zero-order valence-electron chi connectivity index (χ0n) is 13.4. The molecular weight excluding hydrogens is 314 g/mol. The van der Waals surface area contributed by atoms with Crippen LogP contribution in [-0.2, 0) is 9.59 Å². The second kappa shape index (κ2) is 7.32. The Morgan fingerprint density at radius 2 is 1.87 bits per heavy atom. The van der Waals surface area contributed by atoms with Crippen LogP contribution in [-0.4, -0.2) is 53.3 Å². The van der Waals surface area contributed by atoms with Gasteiger partial charge < -0.3 is 15.5 Å². The predicted molar refractivity (Wildman–Crippen MR) is 91.4 cm³/mol. The maximum absolute atomic E-state index is 12.8. The molecule has 0 aliphatic carbocycles. The van der Waals surface area contributed by atoms with E-state index >= 15 is 0 Å². The van der Waals surface area contributed by atoms with E-state index in [1.807, 2.05) is 23.1 Å². The van der Waals surface area contributed by atoms with Gasteiger partial charge in [-0.15, -0.1) is 12.4 Å². The van der Waals surface area contributed by atoms with E-state index in [0.717, 1.165) is 12.8 Å². The van der Waals surface area contributed by atoms with Crippen LogP contribution in [0, 0.1) is 0 Å². The molecule has 6 heteroatoms. The highest BCUT2D eigenvalue weighted by molar-refractivity contribution is 5.87. The molecule has 2 heterocycles. The minimum Gasteiger partial charge on any atom is -0.339 e. The van der Waals surface area contributed by atoms with Crippen molar-refractivity contribution in [3.05, 3.63) is 35.9 Å². The zero-order valence-corrected chi connectivity index (χ0v) is 14.2. The Bertz CT molecular complexity index is 566. The summed E-state index contributed by atoms with van der Waals surface area (Å²) in [6, 6.07) is 9.78. The first-order valence-corrected chi connectivity index (χ1v) is 7.94. The number of benzene rings is 1. The molecule has 2 fully saturated rings. The maximum Gasteiger partial charge on any atom is 0.245 e. The summed E-state index contributed by atoms with van der Waals surface area (Å²) in [6.07, 6.45) is 1.66. The molecule has 1 aromatic carbocycles. The number of likely N-dealkylation sites (tertiary alicyclic amines) is 2. The average Bonchev–Trinajstić information content (AvgIpc) is 3.14. The van der Waals surface area contributed by atoms with E-state index in [-0.39, 0.29) is 42.2 Å². The quantitative estimate of drug-likeness (QED) is 0.886. The lowest BCUT2D eigenvalue weighted by Gasteiger charge is -2.27. The molecule has 0 radical (unpaired) electrons. The fourth-order valence-electron chi connectivity index (χ4n) is 3.67. The van der Waals surface area contributed by atoms with E-state index in [1.165, 1.54) is 12.5 Å². The molecule has 1 unspecified atom stereocenters.